The number of rotatable bonds is 15. The SMILES string of the molecule is O=C(COc1ccc(C2CNC[C@@H](CN(CCO)C(=O)CN3CCCC3)[C@H](c3ccc(Cl)c(Cl)c3)O2)cc1-c1noc(=O)[nH]1)NC[C@@H]1CNCCO[C@H]1c1ccc(Cl)c(Cl)c1. The zero-order valence-electron chi connectivity index (χ0n) is 33.3. The summed E-state index contributed by atoms with van der Waals surface area (Å²) < 4.78 is 24.0. The van der Waals surface area contributed by atoms with Gasteiger partial charge in [-0.25, -0.2) is 4.79 Å². The summed E-state index contributed by atoms with van der Waals surface area (Å²) in [5.41, 5.74) is 2.71. The quantitative estimate of drug-likeness (QED) is 0.107. The second-order valence-corrected chi connectivity index (χ2v) is 17.0. The van der Waals surface area contributed by atoms with Crippen LogP contribution < -0.4 is 26.4 Å². The number of amides is 2. The molecule has 3 aromatic carbocycles. The van der Waals surface area contributed by atoms with Crippen molar-refractivity contribution >= 4 is 58.2 Å². The van der Waals surface area contributed by atoms with Gasteiger partial charge in [-0.05, 0) is 79.0 Å². The van der Waals surface area contributed by atoms with Gasteiger partial charge >= 0.3 is 5.76 Å². The van der Waals surface area contributed by atoms with Gasteiger partial charge in [-0.3, -0.25) is 24.0 Å². The fraction of sp³-hybridized carbons (Fsp3) is 0.476. The summed E-state index contributed by atoms with van der Waals surface area (Å²) in [6.45, 7) is 4.93. The highest BCUT2D eigenvalue weighted by atomic mass is 35.5. The number of aliphatic hydroxyl groups is 1. The van der Waals surface area contributed by atoms with Crippen LogP contribution >= 0.6 is 46.4 Å². The number of aromatic nitrogens is 2. The van der Waals surface area contributed by atoms with E-state index in [1.54, 1.807) is 41.3 Å². The standard InChI is InChI=1S/C42H49Cl4N7O8/c43-31-6-3-26(16-33(31)45)39-28(18-47-9-14-58-39)20-49-37(55)24-59-35-8-5-25(15-30(35)41-50-42(57)61-51-41)36-21-48-19-29(40(60-36)27-4-7-32(44)34(46)17-27)22-53(12-13-54)38(56)23-52-10-1-2-11-52/h3-8,15-17,28-29,36,39-40,47-48,54H,1-2,9-14,18-24H2,(H,49,55)(H,50,51,57)/t28-,29-,36?,39-,40-/m0/s1. The number of carbonyl (C=O) groups excluding carboxylic acids is 2. The lowest BCUT2D eigenvalue weighted by molar-refractivity contribution is -0.134. The third-order valence-electron chi connectivity index (χ3n) is 11.2. The molecule has 0 aliphatic carbocycles. The number of ether oxygens (including phenoxy) is 3. The number of H-pyrrole nitrogens is 1. The molecule has 0 saturated carbocycles. The van der Waals surface area contributed by atoms with Crippen LogP contribution in [0.15, 0.2) is 63.9 Å². The third kappa shape index (κ3) is 11.8. The Labute approximate surface area is 373 Å². The average Bonchev–Trinajstić information content (AvgIpc) is 3.81. The Hall–Kier alpha value is -3.74. The summed E-state index contributed by atoms with van der Waals surface area (Å²) in [6, 6.07) is 16.0. The second-order valence-electron chi connectivity index (χ2n) is 15.4. The highest BCUT2D eigenvalue weighted by Crippen LogP contribution is 2.39. The molecule has 5 atom stereocenters. The Kier molecular flexibility index (Phi) is 16.0. The van der Waals surface area contributed by atoms with E-state index in [9.17, 15) is 19.5 Å². The lowest BCUT2D eigenvalue weighted by atomic mass is 9.94. The molecule has 4 aromatic rings. The topological polar surface area (TPSA) is 184 Å². The van der Waals surface area contributed by atoms with Crippen LogP contribution in [0.1, 0.15) is 47.8 Å². The van der Waals surface area contributed by atoms with Gasteiger partial charge < -0.3 is 40.2 Å². The molecule has 5 N–H and O–H groups in total. The zero-order chi connectivity index (χ0) is 42.9. The average molecular weight is 922 g/mol. The van der Waals surface area contributed by atoms with Gasteiger partial charge in [-0.15, -0.1) is 0 Å². The van der Waals surface area contributed by atoms with Crippen LogP contribution in [-0.2, 0) is 19.1 Å². The molecule has 61 heavy (non-hydrogen) atoms. The maximum atomic E-state index is 13.6. The van der Waals surface area contributed by atoms with Crippen LogP contribution in [0.5, 0.6) is 5.75 Å². The number of hydrogen-bond donors (Lipinski definition) is 5. The number of likely N-dealkylation sites (tertiary alicyclic amines) is 1. The molecule has 0 radical (unpaired) electrons. The number of nitrogens with zero attached hydrogens (tertiary/aromatic N) is 3. The minimum atomic E-state index is -0.763. The molecule has 328 valence electrons. The van der Waals surface area contributed by atoms with Crippen LogP contribution in [0.2, 0.25) is 20.1 Å². The molecule has 2 amide bonds. The van der Waals surface area contributed by atoms with Crippen molar-refractivity contribution in [1.82, 2.24) is 35.9 Å². The Morgan fingerprint density at radius 1 is 0.885 bits per heavy atom. The van der Waals surface area contributed by atoms with Crippen LogP contribution in [0.4, 0.5) is 0 Å². The molecule has 15 nitrogen and oxygen atoms in total. The van der Waals surface area contributed by atoms with E-state index < -0.39 is 18.0 Å². The normalized spacial score (nSPS) is 22.3. The van der Waals surface area contributed by atoms with Crippen molar-refractivity contribution in [2.75, 3.05) is 85.3 Å². The number of hydrogen-bond acceptors (Lipinski definition) is 12. The van der Waals surface area contributed by atoms with Gasteiger partial charge in [0, 0.05) is 57.6 Å². The highest BCUT2D eigenvalue weighted by molar-refractivity contribution is 6.42. The van der Waals surface area contributed by atoms with E-state index in [0.717, 1.165) is 37.1 Å². The molecule has 3 saturated heterocycles. The number of benzene rings is 3. The highest BCUT2D eigenvalue weighted by Gasteiger charge is 2.35. The molecule has 0 spiro atoms. The molecule has 4 heterocycles. The molecule has 3 aliphatic rings. The van der Waals surface area contributed by atoms with Crippen molar-refractivity contribution in [3.05, 3.63) is 102 Å². The van der Waals surface area contributed by atoms with Gasteiger partial charge in [0.1, 0.15) is 5.75 Å². The van der Waals surface area contributed by atoms with Crippen LogP contribution in [0.3, 0.4) is 0 Å². The summed E-state index contributed by atoms with van der Waals surface area (Å²) >= 11 is 25.3. The van der Waals surface area contributed by atoms with Gasteiger partial charge in [0.05, 0.1) is 63.7 Å². The molecule has 7 rings (SSSR count). The number of nitrogens with one attached hydrogen (secondary N) is 4. The Bertz CT molecular complexity index is 2190. The number of aliphatic hydroxyl groups excluding tert-OH is 1. The van der Waals surface area contributed by atoms with Gasteiger partial charge in [0.25, 0.3) is 5.91 Å². The van der Waals surface area contributed by atoms with Crippen LogP contribution in [0.25, 0.3) is 11.4 Å². The van der Waals surface area contributed by atoms with E-state index in [2.05, 4.69) is 31.0 Å². The number of carbonyl (C=O) groups is 2. The van der Waals surface area contributed by atoms with Gasteiger partial charge in [0.15, 0.2) is 12.4 Å². The molecule has 0 bridgehead atoms. The fourth-order valence-electron chi connectivity index (χ4n) is 8.06. The molecule has 3 fully saturated rings. The third-order valence-corrected chi connectivity index (χ3v) is 12.6. The monoisotopic (exact) mass is 919 g/mol. The summed E-state index contributed by atoms with van der Waals surface area (Å²) in [6.07, 6.45) is 0.677. The first kappa shape index (κ1) is 45.3. The van der Waals surface area contributed by atoms with Gasteiger partial charge in [-0.1, -0.05) is 69.8 Å². The maximum absolute atomic E-state index is 13.6. The number of halogens is 4. The summed E-state index contributed by atoms with van der Waals surface area (Å²) in [5, 5.41) is 25.4. The van der Waals surface area contributed by atoms with Crippen molar-refractivity contribution in [2.24, 2.45) is 11.8 Å². The first-order chi connectivity index (χ1) is 29.6. The van der Waals surface area contributed by atoms with E-state index in [1.807, 2.05) is 18.2 Å². The first-order valence-corrected chi connectivity index (χ1v) is 21.9. The lowest BCUT2D eigenvalue weighted by Gasteiger charge is -2.33. The van der Waals surface area contributed by atoms with E-state index in [1.165, 1.54) is 0 Å². The van der Waals surface area contributed by atoms with Crippen LogP contribution in [-0.4, -0.2) is 122 Å². The first-order valence-electron chi connectivity index (χ1n) is 20.4. The lowest BCUT2D eigenvalue weighted by Crippen LogP contribution is -2.45. The molecular weight excluding hydrogens is 872 g/mol. The van der Waals surface area contributed by atoms with Gasteiger partial charge in [0.2, 0.25) is 5.91 Å². The Morgan fingerprint density at radius 3 is 2.28 bits per heavy atom. The van der Waals surface area contributed by atoms with Crippen molar-refractivity contribution in [3.8, 4) is 17.1 Å². The maximum Gasteiger partial charge on any atom is 0.439 e. The Morgan fingerprint density at radius 2 is 1.59 bits per heavy atom. The van der Waals surface area contributed by atoms with Gasteiger partial charge in [-0.2, -0.15) is 0 Å². The van der Waals surface area contributed by atoms with Crippen molar-refractivity contribution < 1.29 is 33.4 Å². The van der Waals surface area contributed by atoms with E-state index in [4.69, 9.17) is 65.1 Å². The summed E-state index contributed by atoms with van der Waals surface area (Å²) in [5.74, 6) is -1.18. The molecule has 19 heteroatoms. The largest absolute Gasteiger partial charge is 0.483 e. The Balaban J connectivity index is 1.08. The summed E-state index contributed by atoms with van der Waals surface area (Å²) in [7, 11) is 0. The van der Waals surface area contributed by atoms with E-state index in [-0.39, 0.29) is 67.6 Å². The van der Waals surface area contributed by atoms with E-state index >= 15 is 0 Å². The van der Waals surface area contributed by atoms with Crippen LogP contribution in [0, 0.1) is 11.8 Å². The zero-order valence-corrected chi connectivity index (χ0v) is 36.4. The molecule has 1 aromatic heterocycles. The predicted octanol–water partition coefficient (Wildman–Crippen LogP) is 5.05. The molecule has 3 aliphatic heterocycles. The second kappa shape index (κ2) is 21.6. The summed E-state index contributed by atoms with van der Waals surface area (Å²) in [4.78, 5) is 45.4. The predicted molar refractivity (Wildman–Crippen MR) is 231 cm³/mol. The fourth-order valence-corrected chi connectivity index (χ4v) is 8.68. The number of aromatic amines is 1. The van der Waals surface area contributed by atoms with Crippen molar-refractivity contribution in [1.29, 1.82) is 0 Å². The smallest absolute Gasteiger partial charge is 0.439 e. The minimum absolute atomic E-state index is 0.0527. The minimum Gasteiger partial charge on any atom is -0.483 e. The van der Waals surface area contributed by atoms with Crippen molar-refractivity contribution in [2.45, 2.75) is 31.2 Å². The van der Waals surface area contributed by atoms with E-state index in [0.29, 0.717) is 77.1 Å². The van der Waals surface area contributed by atoms with Crippen molar-refractivity contribution in [3.63, 3.8) is 0 Å². The molecule has 1 unspecified atom stereocenters. The molecular formula is C42H49Cl4N7O8.